The molecule has 0 saturated heterocycles. The smallest absolute Gasteiger partial charge is 0.219 e. The van der Waals surface area contributed by atoms with Gasteiger partial charge >= 0.3 is 0 Å². The molecule has 0 aliphatic heterocycles. The molecule has 0 aromatic heterocycles. The van der Waals surface area contributed by atoms with Gasteiger partial charge in [-0.3, -0.25) is 4.79 Å². The number of nitrogens with two attached hydrogens (primary N) is 1. The van der Waals surface area contributed by atoms with Gasteiger partial charge in [-0.15, -0.1) is 0 Å². The minimum atomic E-state index is -0.223. The minimum Gasteiger partial charge on any atom is -0.370 e. The molecule has 3 N–H and O–H groups in total. The van der Waals surface area contributed by atoms with Crippen molar-refractivity contribution in [2.75, 3.05) is 6.54 Å². The van der Waals surface area contributed by atoms with Gasteiger partial charge in [-0.25, -0.2) is 0 Å². The number of carbonyl (C=O) groups is 1. The maximum absolute atomic E-state index is 10.8. The Bertz CT molecular complexity index is 141. The van der Waals surface area contributed by atoms with E-state index in [2.05, 4.69) is 19.2 Å². The van der Waals surface area contributed by atoms with Gasteiger partial charge < -0.3 is 11.1 Å². The highest BCUT2D eigenvalue weighted by atomic mass is 16.1. The molecule has 3 nitrogen and oxygen atoms in total. The quantitative estimate of drug-likeness (QED) is 0.628. The van der Waals surface area contributed by atoms with Crippen LogP contribution in [0.25, 0.3) is 0 Å². The fourth-order valence-electron chi connectivity index (χ4n) is 1.52. The lowest BCUT2D eigenvalue weighted by atomic mass is 9.89. The highest BCUT2D eigenvalue weighted by Gasteiger charge is 2.26. The van der Waals surface area contributed by atoms with E-state index in [4.69, 9.17) is 5.73 Å². The first-order chi connectivity index (χ1) is 5.60. The summed E-state index contributed by atoms with van der Waals surface area (Å²) >= 11 is 0. The van der Waals surface area contributed by atoms with E-state index in [0.717, 1.165) is 19.4 Å². The SMILES string of the molecule is CCNC(CC)(CC)CC(N)=O. The molecule has 0 bridgehead atoms. The third-order valence-corrected chi connectivity index (χ3v) is 2.42. The van der Waals surface area contributed by atoms with Crippen LogP contribution in [0.15, 0.2) is 0 Å². The molecule has 0 atom stereocenters. The van der Waals surface area contributed by atoms with Crippen LogP contribution >= 0.6 is 0 Å². The molecule has 0 aromatic rings. The Kier molecular flexibility index (Phi) is 4.90. The molecule has 0 rings (SSSR count). The standard InChI is InChI=1S/C9H20N2O/c1-4-9(5-2,11-6-3)7-8(10)12/h11H,4-7H2,1-3H3,(H2,10,12). The van der Waals surface area contributed by atoms with Crippen LogP contribution in [0.3, 0.4) is 0 Å². The third kappa shape index (κ3) is 3.22. The zero-order valence-electron chi connectivity index (χ0n) is 8.31. The highest BCUT2D eigenvalue weighted by Crippen LogP contribution is 2.18. The van der Waals surface area contributed by atoms with E-state index in [0.29, 0.717) is 6.42 Å². The molecule has 0 spiro atoms. The maximum Gasteiger partial charge on any atom is 0.219 e. The molecule has 0 unspecified atom stereocenters. The van der Waals surface area contributed by atoms with Crippen LogP contribution in [0.4, 0.5) is 0 Å². The second-order valence-electron chi connectivity index (χ2n) is 3.16. The van der Waals surface area contributed by atoms with Crippen LogP contribution < -0.4 is 11.1 Å². The lowest BCUT2D eigenvalue weighted by Gasteiger charge is -2.31. The summed E-state index contributed by atoms with van der Waals surface area (Å²) in [6, 6.07) is 0. The first-order valence-corrected chi connectivity index (χ1v) is 4.63. The van der Waals surface area contributed by atoms with Gasteiger partial charge in [0.25, 0.3) is 0 Å². The van der Waals surface area contributed by atoms with Crippen molar-refractivity contribution < 1.29 is 4.79 Å². The fourth-order valence-corrected chi connectivity index (χ4v) is 1.52. The Morgan fingerprint density at radius 2 is 1.83 bits per heavy atom. The van der Waals surface area contributed by atoms with Gasteiger partial charge in [0.1, 0.15) is 0 Å². The van der Waals surface area contributed by atoms with E-state index in [9.17, 15) is 4.79 Å². The molecule has 1 amide bonds. The number of hydrogen-bond acceptors (Lipinski definition) is 2. The van der Waals surface area contributed by atoms with Crippen molar-refractivity contribution in [2.24, 2.45) is 5.73 Å². The fraction of sp³-hybridized carbons (Fsp3) is 0.889. The summed E-state index contributed by atoms with van der Waals surface area (Å²) < 4.78 is 0. The number of carbonyl (C=O) groups excluding carboxylic acids is 1. The van der Waals surface area contributed by atoms with Gasteiger partial charge in [0.05, 0.1) is 0 Å². The number of nitrogens with one attached hydrogen (secondary N) is 1. The summed E-state index contributed by atoms with van der Waals surface area (Å²) in [5.41, 5.74) is 5.11. The lowest BCUT2D eigenvalue weighted by Crippen LogP contribution is -2.46. The zero-order valence-corrected chi connectivity index (χ0v) is 8.31. The second-order valence-corrected chi connectivity index (χ2v) is 3.16. The summed E-state index contributed by atoms with van der Waals surface area (Å²) in [6.45, 7) is 7.08. The van der Waals surface area contributed by atoms with Gasteiger partial charge in [-0.2, -0.15) is 0 Å². The maximum atomic E-state index is 10.8. The molecular weight excluding hydrogens is 152 g/mol. The van der Waals surface area contributed by atoms with Crippen molar-refractivity contribution in [3.63, 3.8) is 0 Å². The topological polar surface area (TPSA) is 55.1 Å². The van der Waals surface area contributed by atoms with Crippen LogP contribution in [-0.2, 0) is 4.79 Å². The van der Waals surface area contributed by atoms with Crippen LogP contribution in [0.5, 0.6) is 0 Å². The molecule has 0 saturated carbocycles. The van der Waals surface area contributed by atoms with Gasteiger partial charge in [-0.05, 0) is 19.4 Å². The minimum absolute atomic E-state index is 0.0689. The van der Waals surface area contributed by atoms with E-state index in [1.807, 2.05) is 6.92 Å². The molecule has 0 fully saturated rings. The van der Waals surface area contributed by atoms with E-state index < -0.39 is 0 Å². The molecule has 72 valence electrons. The molecule has 12 heavy (non-hydrogen) atoms. The predicted octanol–water partition coefficient (Wildman–Crippen LogP) is 1.03. The van der Waals surface area contributed by atoms with Gasteiger partial charge in [0.2, 0.25) is 5.91 Å². The van der Waals surface area contributed by atoms with Gasteiger partial charge in [0.15, 0.2) is 0 Å². The van der Waals surface area contributed by atoms with E-state index >= 15 is 0 Å². The van der Waals surface area contributed by atoms with Crippen molar-refractivity contribution in [2.45, 2.75) is 45.6 Å². The number of primary amides is 1. The van der Waals surface area contributed by atoms with Crippen molar-refractivity contribution in [3.8, 4) is 0 Å². The Morgan fingerprint density at radius 1 is 1.33 bits per heavy atom. The van der Waals surface area contributed by atoms with Crippen LogP contribution in [0.2, 0.25) is 0 Å². The summed E-state index contributed by atoms with van der Waals surface area (Å²) in [5.74, 6) is -0.223. The summed E-state index contributed by atoms with van der Waals surface area (Å²) in [4.78, 5) is 10.8. The number of rotatable bonds is 6. The average Bonchev–Trinajstić information content (AvgIpc) is 2.03. The Morgan fingerprint density at radius 3 is 2.08 bits per heavy atom. The lowest BCUT2D eigenvalue weighted by molar-refractivity contribution is -0.119. The summed E-state index contributed by atoms with van der Waals surface area (Å²) in [5, 5.41) is 3.33. The number of hydrogen-bond donors (Lipinski definition) is 2. The van der Waals surface area contributed by atoms with E-state index in [1.54, 1.807) is 0 Å². The van der Waals surface area contributed by atoms with Gasteiger partial charge in [-0.1, -0.05) is 20.8 Å². The molecule has 3 heteroatoms. The van der Waals surface area contributed by atoms with E-state index in [-0.39, 0.29) is 11.4 Å². The van der Waals surface area contributed by atoms with Crippen molar-refractivity contribution >= 4 is 5.91 Å². The predicted molar refractivity (Wildman–Crippen MR) is 50.8 cm³/mol. The molecule has 0 aliphatic carbocycles. The van der Waals surface area contributed by atoms with Gasteiger partial charge in [0, 0.05) is 12.0 Å². The van der Waals surface area contributed by atoms with Crippen molar-refractivity contribution in [3.05, 3.63) is 0 Å². The van der Waals surface area contributed by atoms with Crippen LogP contribution in [0.1, 0.15) is 40.0 Å². The van der Waals surface area contributed by atoms with Crippen LogP contribution in [0, 0.1) is 0 Å². The molecule has 0 aromatic carbocycles. The first-order valence-electron chi connectivity index (χ1n) is 4.63. The molecule has 0 aliphatic rings. The zero-order chi connectivity index (χ0) is 9.61. The monoisotopic (exact) mass is 172 g/mol. The Hall–Kier alpha value is -0.570. The van der Waals surface area contributed by atoms with Crippen molar-refractivity contribution in [1.82, 2.24) is 5.32 Å². The second kappa shape index (κ2) is 5.14. The first kappa shape index (κ1) is 11.4. The largest absolute Gasteiger partial charge is 0.370 e. The molecular formula is C9H20N2O. The molecule has 0 radical (unpaired) electrons. The Labute approximate surface area is 74.7 Å². The van der Waals surface area contributed by atoms with Crippen molar-refractivity contribution in [1.29, 1.82) is 0 Å². The summed E-state index contributed by atoms with van der Waals surface area (Å²) in [6.07, 6.45) is 2.33. The Balaban J connectivity index is 4.23. The summed E-state index contributed by atoms with van der Waals surface area (Å²) in [7, 11) is 0. The highest BCUT2D eigenvalue weighted by molar-refractivity contribution is 5.75. The normalized spacial score (nSPS) is 11.6. The van der Waals surface area contributed by atoms with Crippen LogP contribution in [-0.4, -0.2) is 18.0 Å². The number of amides is 1. The van der Waals surface area contributed by atoms with E-state index in [1.165, 1.54) is 0 Å². The average molecular weight is 172 g/mol. The molecule has 0 heterocycles. The third-order valence-electron chi connectivity index (χ3n) is 2.42.